The Morgan fingerprint density at radius 2 is 2.14 bits per heavy atom. The molecule has 116 valence electrons. The van der Waals surface area contributed by atoms with Crippen LogP contribution in [-0.2, 0) is 0 Å². The first-order valence-electron chi connectivity index (χ1n) is 7.46. The van der Waals surface area contributed by atoms with E-state index in [9.17, 15) is 9.90 Å². The summed E-state index contributed by atoms with van der Waals surface area (Å²) in [4.78, 5) is 11.9. The Morgan fingerprint density at radius 3 is 2.86 bits per heavy atom. The predicted molar refractivity (Wildman–Crippen MR) is 87.9 cm³/mol. The van der Waals surface area contributed by atoms with Crippen molar-refractivity contribution in [3.05, 3.63) is 36.4 Å². The lowest BCUT2D eigenvalue weighted by Gasteiger charge is -2.10. The lowest BCUT2D eigenvalue weighted by atomic mass is 10.1. The van der Waals surface area contributed by atoms with Gasteiger partial charge in [0.1, 0.15) is 5.00 Å². The van der Waals surface area contributed by atoms with Gasteiger partial charge in [0.2, 0.25) is 0 Å². The normalized spacial score (nSPS) is 20.8. The number of hydrogen-bond donors (Lipinski definition) is 3. The molecule has 22 heavy (non-hydrogen) atoms. The molecule has 3 N–H and O–H groups in total. The summed E-state index contributed by atoms with van der Waals surface area (Å²) in [7, 11) is 0. The molecule has 1 fully saturated rings. The lowest BCUT2D eigenvalue weighted by molar-refractivity contribution is 0.177. The molecule has 2 amide bonds. The van der Waals surface area contributed by atoms with Gasteiger partial charge in [-0.05, 0) is 36.7 Å². The highest BCUT2D eigenvalue weighted by molar-refractivity contribution is 7.10. The standard InChI is InChI=1S/C16H19N3O2S/c20-13-7-6-11(8-13)10-17-16(21)18-15-9-14(19-22-15)12-4-2-1-3-5-12/h1-5,9,11,13,20H,6-8,10H2,(H2,17,18,21)/t11-,13+/m1/s1. The number of carbonyl (C=O) groups is 1. The molecule has 1 heterocycles. The molecule has 5 nitrogen and oxygen atoms in total. The number of anilines is 1. The van der Waals surface area contributed by atoms with Crippen molar-refractivity contribution in [1.82, 2.24) is 9.69 Å². The first-order chi connectivity index (χ1) is 10.7. The van der Waals surface area contributed by atoms with E-state index in [1.807, 2.05) is 36.4 Å². The number of amides is 2. The van der Waals surface area contributed by atoms with Crippen LogP contribution in [-0.4, -0.2) is 28.2 Å². The van der Waals surface area contributed by atoms with Gasteiger partial charge >= 0.3 is 6.03 Å². The van der Waals surface area contributed by atoms with Crippen LogP contribution in [0.5, 0.6) is 0 Å². The molecular formula is C16H19N3O2S. The number of aliphatic hydroxyl groups is 1. The van der Waals surface area contributed by atoms with E-state index >= 15 is 0 Å². The van der Waals surface area contributed by atoms with E-state index < -0.39 is 0 Å². The highest BCUT2D eigenvalue weighted by Crippen LogP contribution is 2.26. The summed E-state index contributed by atoms with van der Waals surface area (Å²) >= 11 is 1.27. The Balaban J connectivity index is 1.51. The van der Waals surface area contributed by atoms with Crippen molar-refractivity contribution in [3.63, 3.8) is 0 Å². The molecule has 1 aliphatic carbocycles. The Kier molecular flexibility index (Phi) is 4.70. The van der Waals surface area contributed by atoms with Gasteiger partial charge in [0.05, 0.1) is 11.8 Å². The number of hydrogen-bond acceptors (Lipinski definition) is 4. The van der Waals surface area contributed by atoms with E-state index in [1.165, 1.54) is 11.5 Å². The minimum absolute atomic E-state index is 0.204. The molecule has 1 aliphatic rings. The van der Waals surface area contributed by atoms with Crippen LogP contribution in [0.25, 0.3) is 11.3 Å². The van der Waals surface area contributed by atoms with Crippen molar-refractivity contribution in [2.45, 2.75) is 25.4 Å². The molecule has 0 radical (unpaired) electrons. The average Bonchev–Trinajstić information content (AvgIpc) is 3.15. The Labute approximate surface area is 133 Å². The zero-order chi connectivity index (χ0) is 15.4. The summed E-state index contributed by atoms with van der Waals surface area (Å²) in [5.41, 5.74) is 1.90. The van der Waals surface area contributed by atoms with E-state index in [0.29, 0.717) is 12.5 Å². The van der Waals surface area contributed by atoms with Crippen LogP contribution in [0.3, 0.4) is 0 Å². The number of carbonyl (C=O) groups excluding carboxylic acids is 1. The number of urea groups is 1. The summed E-state index contributed by atoms with van der Waals surface area (Å²) in [6.45, 7) is 0.604. The van der Waals surface area contributed by atoms with Crippen molar-refractivity contribution in [2.24, 2.45) is 5.92 Å². The van der Waals surface area contributed by atoms with Crippen LogP contribution in [0.1, 0.15) is 19.3 Å². The van der Waals surface area contributed by atoms with Crippen LogP contribution >= 0.6 is 11.5 Å². The third kappa shape index (κ3) is 3.84. The molecule has 1 aromatic heterocycles. The van der Waals surface area contributed by atoms with Crippen molar-refractivity contribution < 1.29 is 9.90 Å². The third-order valence-electron chi connectivity index (χ3n) is 3.88. The fraction of sp³-hybridized carbons (Fsp3) is 0.375. The second kappa shape index (κ2) is 6.89. The quantitative estimate of drug-likeness (QED) is 0.811. The van der Waals surface area contributed by atoms with Gasteiger partial charge in [-0.3, -0.25) is 5.32 Å². The fourth-order valence-electron chi connectivity index (χ4n) is 2.71. The molecule has 3 rings (SSSR count). The first-order valence-corrected chi connectivity index (χ1v) is 8.23. The molecule has 2 aromatic rings. The minimum Gasteiger partial charge on any atom is -0.393 e. The smallest absolute Gasteiger partial charge is 0.319 e. The molecule has 1 saturated carbocycles. The Morgan fingerprint density at radius 1 is 1.32 bits per heavy atom. The van der Waals surface area contributed by atoms with Gasteiger partial charge in [-0.25, -0.2) is 4.79 Å². The van der Waals surface area contributed by atoms with Crippen LogP contribution < -0.4 is 10.6 Å². The Bertz CT molecular complexity index is 629. The number of aliphatic hydroxyl groups excluding tert-OH is 1. The van der Waals surface area contributed by atoms with E-state index in [0.717, 1.165) is 35.5 Å². The molecule has 1 aromatic carbocycles. The van der Waals surface area contributed by atoms with E-state index in [4.69, 9.17) is 0 Å². The van der Waals surface area contributed by atoms with Crippen molar-refractivity contribution in [1.29, 1.82) is 0 Å². The molecule has 0 saturated heterocycles. The maximum atomic E-state index is 11.9. The van der Waals surface area contributed by atoms with Crippen LogP contribution in [0.15, 0.2) is 36.4 Å². The number of nitrogens with zero attached hydrogens (tertiary/aromatic N) is 1. The summed E-state index contributed by atoms with van der Waals surface area (Å²) in [5, 5.41) is 15.9. The minimum atomic E-state index is -0.218. The van der Waals surface area contributed by atoms with Crippen molar-refractivity contribution in [2.75, 3.05) is 11.9 Å². The maximum Gasteiger partial charge on any atom is 0.319 e. The average molecular weight is 317 g/mol. The van der Waals surface area contributed by atoms with E-state index in [1.54, 1.807) is 0 Å². The monoisotopic (exact) mass is 317 g/mol. The second-order valence-corrected chi connectivity index (χ2v) is 6.42. The van der Waals surface area contributed by atoms with Crippen LogP contribution in [0, 0.1) is 5.92 Å². The molecule has 0 aliphatic heterocycles. The van der Waals surface area contributed by atoms with Gasteiger partial charge in [0.25, 0.3) is 0 Å². The molecule has 0 unspecified atom stereocenters. The fourth-order valence-corrected chi connectivity index (χ4v) is 3.36. The van der Waals surface area contributed by atoms with E-state index in [2.05, 4.69) is 15.0 Å². The number of nitrogens with one attached hydrogen (secondary N) is 2. The molecule has 0 spiro atoms. The van der Waals surface area contributed by atoms with Crippen molar-refractivity contribution >= 4 is 22.6 Å². The number of benzene rings is 1. The van der Waals surface area contributed by atoms with E-state index in [-0.39, 0.29) is 12.1 Å². The largest absolute Gasteiger partial charge is 0.393 e. The summed E-state index contributed by atoms with van der Waals surface area (Å²) in [6.07, 6.45) is 2.38. The third-order valence-corrected chi connectivity index (χ3v) is 4.59. The van der Waals surface area contributed by atoms with Gasteiger partial charge in [-0.15, -0.1) is 0 Å². The summed E-state index contributed by atoms with van der Waals surface area (Å²) in [6, 6.07) is 11.5. The van der Waals surface area contributed by atoms with Gasteiger partial charge in [-0.1, -0.05) is 30.3 Å². The van der Waals surface area contributed by atoms with Gasteiger partial charge in [0, 0.05) is 18.2 Å². The first kappa shape index (κ1) is 15.0. The maximum absolute atomic E-state index is 11.9. The predicted octanol–water partition coefficient (Wildman–Crippen LogP) is 3.09. The highest BCUT2D eigenvalue weighted by atomic mass is 32.1. The topological polar surface area (TPSA) is 74.2 Å². The molecule has 6 heteroatoms. The number of aromatic nitrogens is 1. The summed E-state index contributed by atoms with van der Waals surface area (Å²) in [5.74, 6) is 0.377. The van der Waals surface area contributed by atoms with Crippen LogP contribution in [0.4, 0.5) is 9.80 Å². The molecule has 2 atom stereocenters. The van der Waals surface area contributed by atoms with Gasteiger partial charge in [0.15, 0.2) is 0 Å². The van der Waals surface area contributed by atoms with Crippen molar-refractivity contribution in [3.8, 4) is 11.3 Å². The Hall–Kier alpha value is -1.92. The van der Waals surface area contributed by atoms with Gasteiger partial charge in [-0.2, -0.15) is 4.37 Å². The van der Waals surface area contributed by atoms with Gasteiger partial charge < -0.3 is 10.4 Å². The second-order valence-electron chi connectivity index (χ2n) is 5.61. The highest BCUT2D eigenvalue weighted by Gasteiger charge is 2.22. The number of rotatable bonds is 4. The molecule has 0 bridgehead atoms. The van der Waals surface area contributed by atoms with Crippen LogP contribution in [0.2, 0.25) is 0 Å². The zero-order valence-corrected chi connectivity index (χ0v) is 13.0. The zero-order valence-electron chi connectivity index (χ0n) is 12.2. The SMILES string of the molecule is O=C(NC[C@@H]1CC[C@H](O)C1)Nc1cc(-c2ccccc2)ns1. The lowest BCUT2D eigenvalue weighted by Crippen LogP contribution is -2.32. The molecular weight excluding hydrogens is 298 g/mol. The summed E-state index contributed by atoms with van der Waals surface area (Å²) < 4.78 is 4.35.